The van der Waals surface area contributed by atoms with Crippen LogP contribution in [0.25, 0.3) is 5.70 Å². The molecule has 0 bridgehead atoms. The molecule has 0 atom stereocenters. The van der Waals surface area contributed by atoms with Crippen LogP contribution in [-0.4, -0.2) is 36.5 Å². The molecule has 3 aromatic rings. The molecule has 8 heteroatoms. The van der Waals surface area contributed by atoms with Crippen molar-refractivity contribution in [3.63, 3.8) is 0 Å². The molecule has 3 heterocycles. The fourth-order valence-electron chi connectivity index (χ4n) is 4.17. The van der Waals surface area contributed by atoms with Gasteiger partial charge in [-0.15, -0.1) is 11.3 Å². The normalized spacial score (nSPS) is 15.7. The number of hydrogen-bond acceptors (Lipinski definition) is 5. The molecule has 2 aliphatic rings. The Balaban J connectivity index is 1.33. The summed E-state index contributed by atoms with van der Waals surface area (Å²) in [6.45, 7) is 6.24. The van der Waals surface area contributed by atoms with Gasteiger partial charge in [-0.05, 0) is 42.0 Å². The summed E-state index contributed by atoms with van der Waals surface area (Å²) in [5, 5.41) is 3.36. The van der Waals surface area contributed by atoms with Gasteiger partial charge in [-0.2, -0.15) is 0 Å². The first-order valence-electron chi connectivity index (χ1n) is 10.6. The molecular weight excluding hydrogens is 458 g/mol. The number of nitrogens with one attached hydrogen (secondary N) is 1. The average Bonchev–Trinajstić information content (AvgIpc) is 3.39. The fourth-order valence-corrected chi connectivity index (χ4v) is 5.14. The highest BCUT2D eigenvalue weighted by Crippen LogP contribution is 2.34. The average molecular weight is 480 g/mol. The predicted octanol–water partition coefficient (Wildman–Crippen LogP) is 5.00. The molecule has 1 saturated heterocycles. The topological polar surface area (TPSA) is 61.9 Å². The predicted molar refractivity (Wildman–Crippen MR) is 132 cm³/mol. The molecule has 2 aliphatic heterocycles. The Morgan fingerprint density at radius 2 is 2.00 bits per heavy atom. The zero-order chi connectivity index (χ0) is 22.9. The Labute approximate surface area is 201 Å². The van der Waals surface area contributed by atoms with Gasteiger partial charge in [-0.25, -0.2) is 0 Å². The van der Waals surface area contributed by atoms with Gasteiger partial charge in [0, 0.05) is 47.8 Å². The molecular formula is C25H22ClN3O3S. The highest BCUT2D eigenvalue weighted by Gasteiger charge is 2.30. The molecule has 1 aromatic heterocycles. The molecule has 6 nitrogen and oxygen atoms in total. The van der Waals surface area contributed by atoms with Gasteiger partial charge in [-0.3, -0.25) is 9.59 Å². The van der Waals surface area contributed by atoms with E-state index in [4.69, 9.17) is 16.3 Å². The minimum absolute atomic E-state index is 0.00807. The first kappa shape index (κ1) is 21.7. The van der Waals surface area contributed by atoms with Crippen LogP contribution in [0.2, 0.25) is 4.34 Å². The van der Waals surface area contributed by atoms with E-state index in [-0.39, 0.29) is 18.4 Å². The second-order valence-corrected chi connectivity index (χ2v) is 9.68. The van der Waals surface area contributed by atoms with Crippen LogP contribution in [-0.2, 0) is 22.6 Å². The lowest BCUT2D eigenvalue weighted by atomic mass is 10.1. The summed E-state index contributed by atoms with van der Waals surface area (Å²) >= 11 is 7.51. The number of morpholine rings is 1. The van der Waals surface area contributed by atoms with E-state index >= 15 is 0 Å². The van der Waals surface area contributed by atoms with E-state index in [2.05, 4.69) is 11.9 Å². The van der Waals surface area contributed by atoms with Crippen LogP contribution in [0.15, 0.2) is 61.2 Å². The number of carbonyl (C=O) groups is 2. The molecule has 5 rings (SSSR count). The maximum Gasteiger partial charge on any atom is 0.254 e. The van der Waals surface area contributed by atoms with Crippen LogP contribution in [0, 0.1) is 0 Å². The molecule has 0 spiro atoms. The second kappa shape index (κ2) is 9.02. The quantitative estimate of drug-likeness (QED) is 0.540. The SMILES string of the molecule is C=C(Nc1cccc2c1CN(Cc1cccc(N3CCOCC3=O)c1)C2=O)c1ccc(Cl)s1. The van der Waals surface area contributed by atoms with Crippen LogP contribution >= 0.6 is 22.9 Å². The van der Waals surface area contributed by atoms with Gasteiger partial charge >= 0.3 is 0 Å². The summed E-state index contributed by atoms with van der Waals surface area (Å²) in [6.07, 6.45) is 0. The summed E-state index contributed by atoms with van der Waals surface area (Å²) in [4.78, 5) is 29.8. The minimum Gasteiger partial charge on any atom is -0.370 e. The number of amides is 2. The third-order valence-corrected chi connectivity index (χ3v) is 7.07. The molecule has 0 radical (unpaired) electrons. The Hall–Kier alpha value is -3.13. The molecule has 1 N–H and O–H groups in total. The maximum absolute atomic E-state index is 13.1. The van der Waals surface area contributed by atoms with Crippen molar-refractivity contribution in [3.8, 4) is 0 Å². The van der Waals surface area contributed by atoms with E-state index in [0.29, 0.717) is 36.1 Å². The minimum atomic E-state index is -0.0500. The third kappa shape index (κ3) is 4.39. The standard InChI is InChI=1S/C25H22ClN3O3S/c1-16(22-8-9-23(26)33-22)27-21-7-3-6-19-20(21)14-28(25(19)31)13-17-4-2-5-18(12-17)29-10-11-32-15-24(29)30/h2-9,12,27H,1,10-11,13-15H2. The fraction of sp³-hybridized carbons (Fsp3) is 0.200. The van der Waals surface area contributed by atoms with Crippen molar-refractivity contribution < 1.29 is 14.3 Å². The van der Waals surface area contributed by atoms with E-state index in [0.717, 1.165) is 33.1 Å². The van der Waals surface area contributed by atoms with Gasteiger partial charge in [0.25, 0.3) is 11.8 Å². The number of fused-ring (bicyclic) bond motifs is 1. The van der Waals surface area contributed by atoms with E-state index in [1.54, 1.807) is 4.90 Å². The number of hydrogen-bond donors (Lipinski definition) is 1. The van der Waals surface area contributed by atoms with E-state index < -0.39 is 0 Å². The second-order valence-electron chi connectivity index (χ2n) is 7.97. The van der Waals surface area contributed by atoms with Gasteiger partial charge in [0.05, 0.1) is 15.8 Å². The first-order chi connectivity index (χ1) is 16.0. The van der Waals surface area contributed by atoms with Crippen molar-refractivity contribution in [1.29, 1.82) is 0 Å². The van der Waals surface area contributed by atoms with E-state index in [1.807, 2.05) is 59.5 Å². The van der Waals surface area contributed by atoms with Gasteiger partial charge in [0.1, 0.15) is 6.61 Å². The number of anilines is 2. The first-order valence-corrected chi connectivity index (χ1v) is 11.8. The molecule has 2 aromatic carbocycles. The number of halogens is 1. The zero-order valence-electron chi connectivity index (χ0n) is 17.8. The molecule has 2 amide bonds. The number of ether oxygens (including phenoxy) is 1. The van der Waals surface area contributed by atoms with Crippen LogP contribution in [0.1, 0.15) is 26.4 Å². The third-order valence-electron chi connectivity index (χ3n) is 5.78. The van der Waals surface area contributed by atoms with Crippen molar-refractivity contribution in [2.75, 3.05) is 30.0 Å². The summed E-state index contributed by atoms with van der Waals surface area (Å²) in [5.74, 6) is -0.0580. The van der Waals surface area contributed by atoms with Crippen LogP contribution < -0.4 is 10.2 Å². The van der Waals surface area contributed by atoms with Gasteiger partial charge in [0.2, 0.25) is 0 Å². The summed E-state index contributed by atoms with van der Waals surface area (Å²) in [5.41, 5.74) is 5.06. The number of carbonyl (C=O) groups excluding carboxylic acids is 2. The van der Waals surface area contributed by atoms with Gasteiger partial charge in [-0.1, -0.05) is 36.4 Å². The molecule has 1 fully saturated rings. The highest BCUT2D eigenvalue weighted by molar-refractivity contribution is 7.17. The van der Waals surface area contributed by atoms with Crippen LogP contribution in [0.3, 0.4) is 0 Å². The van der Waals surface area contributed by atoms with Crippen molar-refractivity contribution in [1.82, 2.24) is 4.90 Å². The van der Waals surface area contributed by atoms with Crippen molar-refractivity contribution in [3.05, 3.63) is 87.1 Å². The lowest BCUT2D eigenvalue weighted by Crippen LogP contribution is -2.41. The van der Waals surface area contributed by atoms with Crippen LogP contribution in [0.4, 0.5) is 11.4 Å². The monoisotopic (exact) mass is 479 g/mol. The molecule has 33 heavy (non-hydrogen) atoms. The Kier molecular flexibility index (Phi) is 5.93. The highest BCUT2D eigenvalue weighted by atomic mass is 35.5. The van der Waals surface area contributed by atoms with Gasteiger partial charge < -0.3 is 19.9 Å². The number of rotatable bonds is 6. The molecule has 168 valence electrons. The van der Waals surface area contributed by atoms with Gasteiger partial charge in [0.15, 0.2) is 0 Å². The lowest BCUT2D eigenvalue weighted by Gasteiger charge is -2.27. The number of nitrogens with zero attached hydrogens (tertiary/aromatic N) is 2. The largest absolute Gasteiger partial charge is 0.370 e. The Morgan fingerprint density at radius 1 is 1.15 bits per heavy atom. The van der Waals surface area contributed by atoms with Crippen LogP contribution in [0.5, 0.6) is 0 Å². The van der Waals surface area contributed by atoms with Crippen molar-refractivity contribution in [2.24, 2.45) is 0 Å². The molecule has 0 saturated carbocycles. The lowest BCUT2D eigenvalue weighted by molar-refractivity contribution is -0.125. The Bertz CT molecular complexity index is 1260. The van der Waals surface area contributed by atoms with Crippen molar-refractivity contribution in [2.45, 2.75) is 13.1 Å². The van der Waals surface area contributed by atoms with Crippen molar-refractivity contribution >= 4 is 51.8 Å². The molecule has 0 aliphatic carbocycles. The number of thiophene rings is 1. The Morgan fingerprint density at radius 3 is 2.79 bits per heavy atom. The number of benzene rings is 2. The molecule has 0 unspecified atom stereocenters. The maximum atomic E-state index is 13.1. The summed E-state index contributed by atoms with van der Waals surface area (Å²) in [6, 6.07) is 17.2. The van der Waals surface area contributed by atoms with E-state index in [9.17, 15) is 9.59 Å². The zero-order valence-corrected chi connectivity index (χ0v) is 19.4. The summed E-state index contributed by atoms with van der Waals surface area (Å²) < 4.78 is 5.93. The van der Waals surface area contributed by atoms with E-state index in [1.165, 1.54) is 11.3 Å². The smallest absolute Gasteiger partial charge is 0.254 e. The summed E-state index contributed by atoms with van der Waals surface area (Å²) in [7, 11) is 0.